The lowest BCUT2D eigenvalue weighted by molar-refractivity contribution is -0.111. The van der Waals surface area contributed by atoms with Crippen LogP contribution in [0, 0.1) is 11.3 Å². The molecule has 1 aliphatic rings. The highest BCUT2D eigenvalue weighted by Gasteiger charge is 2.33. The van der Waals surface area contributed by atoms with Crippen molar-refractivity contribution in [3.63, 3.8) is 0 Å². The molecule has 1 aromatic carbocycles. The van der Waals surface area contributed by atoms with Gasteiger partial charge in [0.1, 0.15) is 12.4 Å². The topological polar surface area (TPSA) is 78.2 Å². The van der Waals surface area contributed by atoms with Crippen LogP contribution in [-0.4, -0.2) is 31.6 Å². The maximum absolute atomic E-state index is 12.5. The zero-order valence-electron chi connectivity index (χ0n) is 10.6. The molecule has 0 aromatic heterocycles. The second-order valence-corrected chi connectivity index (χ2v) is 6.87. The van der Waals surface area contributed by atoms with Gasteiger partial charge in [0, 0.05) is 6.54 Å². The Morgan fingerprint density at radius 2 is 2.15 bits per heavy atom. The maximum Gasteiger partial charge on any atom is 0.243 e. The van der Waals surface area contributed by atoms with Crippen molar-refractivity contribution in [3.05, 3.63) is 28.8 Å². The Bertz CT molecular complexity index is 667. The number of rotatable bonds is 3. The molecule has 0 saturated carbocycles. The van der Waals surface area contributed by atoms with Crippen LogP contribution in [0.5, 0.6) is 0 Å². The summed E-state index contributed by atoms with van der Waals surface area (Å²) >= 11 is 5.87. The van der Waals surface area contributed by atoms with Crippen LogP contribution in [0.3, 0.4) is 0 Å². The van der Waals surface area contributed by atoms with Crippen molar-refractivity contribution >= 4 is 27.9 Å². The fraction of sp³-hybridized carbons (Fsp3) is 0.385. The number of aldehydes is 1. The van der Waals surface area contributed by atoms with Crippen molar-refractivity contribution in [2.45, 2.75) is 30.2 Å². The van der Waals surface area contributed by atoms with Gasteiger partial charge in [-0.3, -0.25) is 0 Å². The van der Waals surface area contributed by atoms with Crippen LogP contribution in [-0.2, 0) is 14.8 Å². The zero-order valence-corrected chi connectivity index (χ0v) is 12.2. The standard InChI is InChI=1S/C13H13ClN2O3S/c14-13-7-12(5-4-10(13)8-15)20(18,19)16-6-2-1-3-11(16)9-17/h4-5,7,9,11H,1-3,6H2. The van der Waals surface area contributed by atoms with E-state index in [9.17, 15) is 13.2 Å². The average Bonchev–Trinajstić information content (AvgIpc) is 2.47. The number of nitriles is 1. The van der Waals surface area contributed by atoms with E-state index in [1.807, 2.05) is 6.07 Å². The Labute approximate surface area is 122 Å². The van der Waals surface area contributed by atoms with Gasteiger partial charge in [-0.1, -0.05) is 18.0 Å². The Morgan fingerprint density at radius 3 is 2.75 bits per heavy atom. The number of halogens is 1. The van der Waals surface area contributed by atoms with Gasteiger partial charge in [0.15, 0.2) is 0 Å². The lowest BCUT2D eigenvalue weighted by atomic mass is 10.1. The molecule has 2 rings (SSSR count). The SMILES string of the molecule is N#Cc1ccc(S(=O)(=O)N2CCCCC2C=O)cc1Cl. The maximum atomic E-state index is 12.5. The summed E-state index contributed by atoms with van der Waals surface area (Å²) in [6, 6.07) is 5.22. The predicted octanol–water partition coefficient (Wildman–Crippen LogP) is 1.95. The fourth-order valence-electron chi connectivity index (χ4n) is 2.25. The first-order valence-electron chi connectivity index (χ1n) is 6.17. The third-order valence-electron chi connectivity index (χ3n) is 3.32. The van der Waals surface area contributed by atoms with Gasteiger partial charge in [-0.2, -0.15) is 9.57 Å². The summed E-state index contributed by atoms with van der Waals surface area (Å²) in [5.41, 5.74) is 0.219. The molecule has 0 N–H and O–H groups in total. The fourth-order valence-corrected chi connectivity index (χ4v) is 4.19. The predicted molar refractivity (Wildman–Crippen MR) is 73.8 cm³/mol. The van der Waals surface area contributed by atoms with Crippen molar-refractivity contribution in [1.29, 1.82) is 5.26 Å². The monoisotopic (exact) mass is 312 g/mol. The first kappa shape index (κ1) is 15.0. The Hall–Kier alpha value is -1.42. The highest BCUT2D eigenvalue weighted by Crippen LogP contribution is 2.27. The molecule has 0 amide bonds. The third kappa shape index (κ3) is 2.70. The molecule has 1 saturated heterocycles. The van der Waals surface area contributed by atoms with Crippen LogP contribution >= 0.6 is 11.6 Å². The van der Waals surface area contributed by atoms with E-state index in [2.05, 4.69) is 0 Å². The molecule has 1 aromatic rings. The normalized spacial score (nSPS) is 20.3. The van der Waals surface area contributed by atoms with Gasteiger partial charge in [0.2, 0.25) is 10.0 Å². The summed E-state index contributed by atoms with van der Waals surface area (Å²) < 4.78 is 26.3. The Balaban J connectivity index is 2.41. The smallest absolute Gasteiger partial charge is 0.243 e. The van der Waals surface area contributed by atoms with Crippen molar-refractivity contribution in [1.82, 2.24) is 4.31 Å². The first-order chi connectivity index (χ1) is 9.50. The highest BCUT2D eigenvalue weighted by atomic mass is 35.5. The van der Waals surface area contributed by atoms with Crippen molar-refractivity contribution in [2.24, 2.45) is 0 Å². The molecule has 0 bridgehead atoms. The molecule has 7 heteroatoms. The molecule has 106 valence electrons. The summed E-state index contributed by atoms with van der Waals surface area (Å²) in [4.78, 5) is 11.0. The highest BCUT2D eigenvalue weighted by molar-refractivity contribution is 7.89. The lowest BCUT2D eigenvalue weighted by Gasteiger charge is -2.31. The summed E-state index contributed by atoms with van der Waals surface area (Å²) in [6.07, 6.45) is 2.77. The molecule has 1 atom stereocenters. The second-order valence-electron chi connectivity index (χ2n) is 4.57. The number of piperidine rings is 1. The molecular formula is C13H13ClN2O3S. The van der Waals surface area contributed by atoms with E-state index in [-0.39, 0.29) is 15.5 Å². The zero-order chi connectivity index (χ0) is 14.8. The minimum absolute atomic E-state index is 0.00949. The van der Waals surface area contributed by atoms with E-state index in [0.717, 1.165) is 12.8 Å². The summed E-state index contributed by atoms with van der Waals surface area (Å²) in [6.45, 7) is 0.323. The Morgan fingerprint density at radius 1 is 1.40 bits per heavy atom. The summed E-state index contributed by atoms with van der Waals surface area (Å²) in [5.74, 6) is 0. The second kappa shape index (κ2) is 5.92. The van der Waals surface area contributed by atoms with E-state index < -0.39 is 16.1 Å². The van der Waals surface area contributed by atoms with Gasteiger partial charge < -0.3 is 4.79 Å². The largest absolute Gasteiger partial charge is 0.302 e. The Kier molecular flexibility index (Phi) is 4.43. The van der Waals surface area contributed by atoms with Crippen LogP contribution in [0.15, 0.2) is 23.1 Å². The molecule has 1 aliphatic heterocycles. The number of hydrogen-bond donors (Lipinski definition) is 0. The average molecular weight is 313 g/mol. The lowest BCUT2D eigenvalue weighted by Crippen LogP contribution is -2.44. The van der Waals surface area contributed by atoms with Gasteiger partial charge in [-0.15, -0.1) is 0 Å². The molecule has 1 fully saturated rings. The number of sulfonamides is 1. The van der Waals surface area contributed by atoms with Crippen LogP contribution in [0.2, 0.25) is 5.02 Å². The number of carbonyl (C=O) groups is 1. The molecule has 0 radical (unpaired) electrons. The van der Waals surface area contributed by atoms with Gasteiger partial charge in [-0.25, -0.2) is 8.42 Å². The quantitative estimate of drug-likeness (QED) is 0.799. The van der Waals surface area contributed by atoms with E-state index in [1.165, 1.54) is 22.5 Å². The number of nitrogens with zero attached hydrogens (tertiary/aromatic N) is 2. The third-order valence-corrected chi connectivity index (χ3v) is 5.56. The molecule has 0 spiro atoms. The minimum atomic E-state index is -3.76. The van der Waals surface area contributed by atoms with E-state index in [0.29, 0.717) is 19.3 Å². The van der Waals surface area contributed by atoms with Gasteiger partial charge in [0.25, 0.3) is 0 Å². The van der Waals surface area contributed by atoms with Crippen molar-refractivity contribution in [3.8, 4) is 6.07 Å². The minimum Gasteiger partial charge on any atom is -0.302 e. The molecule has 20 heavy (non-hydrogen) atoms. The number of carbonyl (C=O) groups excluding carboxylic acids is 1. The molecule has 0 aliphatic carbocycles. The molecular weight excluding hydrogens is 300 g/mol. The van der Waals surface area contributed by atoms with Crippen molar-refractivity contribution < 1.29 is 13.2 Å². The summed E-state index contributed by atoms with van der Waals surface area (Å²) in [7, 11) is -3.76. The van der Waals surface area contributed by atoms with E-state index in [1.54, 1.807) is 0 Å². The van der Waals surface area contributed by atoms with Gasteiger partial charge >= 0.3 is 0 Å². The van der Waals surface area contributed by atoms with E-state index in [4.69, 9.17) is 16.9 Å². The van der Waals surface area contributed by atoms with Crippen LogP contribution in [0.25, 0.3) is 0 Å². The summed E-state index contributed by atoms with van der Waals surface area (Å²) in [5, 5.41) is 8.89. The molecule has 1 heterocycles. The van der Waals surface area contributed by atoms with Crippen molar-refractivity contribution in [2.75, 3.05) is 6.54 Å². The van der Waals surface area contributed by atoms with Crippen LogP contribution in [0.4, 0.5) is 0 Å². The number of hydrogen-bond acceptors (Lipinski definition) is 4. The van der Waals surface area contributed by atoms with Crippen LogP contribution < -0.4 is 0 Å². The first-order valence-corrected chi connectivity index (χ1v) is 7.99. The molecule has 1 unspecified atom stereocenters. The van der Waals surface area contributed by atoms with Crippen LogP contribution in [0.1, 0.15) is 24.8 Å². The van der Waals surface area contributed by atoms with Gasteiger partial charge in [0.05, 0.1) is 21.5 Å². The van der Waals surface area contributed by atoms with Gasteiger partial charge in [-0.05, 0) is 31.0 Å². The van der Waals surface area contributed by atoms with E-state index >= 15 is 0 Å². The molecule has 5 nitrogen and oxygen atoms in total. The number of benzene rings is 1.